The van der Waals surface area contributed by atoms with Gasteiger partial charge in [-0.1, -0.05) is 28.4 Å². The Morgan fingerprint density at radius 1 is 1.27 bits per heavy atom. The smallest absolute Gasteiger partial charge is 0.322 e. The van der Waals surface area contributed by atoms with Crippen LogP contribution >= 0.6 is 23.2 Å². The molecule has 0 unspecified atom stereocenters. The van der Waals surface area contributed by atoms with Crippen molar-refractivity contribution in [3.8, 4) is 11.4 Å². The molecule has 1 aromatic carbocycles. The minimum absolute atomic E-state index is 0.000973. The van der Waals surface area contributed by atoms with E-state index in [4.69, 9.17) is 32.5 Å². The molecule has 0 bridgehead atoms. The Balaban J connectivity index is 1.53. The van der Waals surface area contributed by atoms with Crippen molar-refractivity contribution in [1.82, 2.24) is 19.7 Å². The number of nitrogens with zero attached hydrogens (tertiary/aromatic N) is 4. The van der Waals surface area contributed by atoms with Crippen molar-refractivity contribution in [3.05, 3.63) is 46.5 Å². The van der Waals surface area contributed by atoms with E-state index in [1.807, 2.05) is 6.20 Å². The molecule has 1 aliphatic rings. The summed E-state index contributed by atoms with van der Waals surface area (Å²) in [6, 6.07) is 5.45. The molecule has 0 amide bonds. The van der Waals surface area contributed by atoms with Crippen molar-refractivity contribution in [2.24, 2.45) is 0 Å². The third-order valence-electron chi connectivity index (χ3n) is 4.29. The highest BCUT2D eigenvalue weighted by molar-refractivity contribution is 6.35. The first-order valence-corrected chi connectivity index (χ1v) is 9.09. The molecule has 1 fully saturated rings. The van der Waals surface area contributed by atoms with Crippen LogP contribution in [0, 0.1) is 0 Å². The molecule has 0 aliphatic carbocycles. The number of nitrogens with one attached hydrogen (secondary N) is 1. The molecule has 1 saturated heterocycles. The second kappa shape index (κ2) is 7.26. The van der Waals surface area contributed by atoms with Crippen molar-refractivity contribution in [3.63, 3.8) is 0 Å². The van der Waals surface area contributed by atoms with Crippen LogP contribution < -0.4 is 5.32 Å². The van der Waals surface area contributed by atoms with E-state index in [0.717, 1.165) is 18.8 Å². The highest BCUT2D eigenvalue weighted by Gasteiger charge is 2.33. The molecule has 2 atom stereocenters. The van der Waals surface area contributed by atoms with Crippen molar-refractivity contribution in [1.29, 1.82) is 0 Å². The summed E-state index contributed by atoms with van der Waals surface area (Å²) in [5.74, 6) is 1.31. The third-order valence-corrected chi connectivity index (χ3v) is 4.73. The number of ether oxygens (including phenoxy) is 1. The van der Waals surface area contributed by atoms with Crippen molar-refractivity contribution >= 4 is 29.2 Å². The number of benzene rings is 1. The molecule has 0 radical (unpaired) electrons. The molecule has 3 heterocycles. The number of halogens is 2. The number of aromatic nitrogens is 4. The molecule has 0 spiro atoms. The number of anilines is 1. The van der Waals surface area contributed by atoms with Gasteiger partial charge in [-0.25, -0.2) is 4.98 Å². The second-order valence-corrected chi connectivity index (χ2v) is 6.86. The highest BCUT2D eigenvalue weighted by Crippen LogP contribution is 2.31. The summed E-state index contributed by atoms with van der Waals surface area (Å²) in [5.41, 5.74) is 0.694. The summed E-state index contributed by atoms with van der Waals surface area (Å²) in [6.45, 7) is 3.55. The molecule has 4 rings (SSSR count). The fourth-order valence-electron chi connectivity index (χ4n) is 3.08. The number of imidazole rings is 1. The third kappa shape index (κ3) is 3.42. The number of hydrogen-bond donors (Lipinski definition) is 1. The average Bonchev–Trinajstić information content (AvgIpc) is 3.34. The summed E-state index contributed by atoms with van der Waals surface area (Å²) in [6.07, 6.45) is 4.38. The van der Waals surface area contributed by atoms with E-state index in [1.165, 1.54) is 0 Å². The Morgan fingerprint density at radius 2 is 2.08 bits per heavy atom. The molecular weight excluding hydrogens is 377 g/mol. The minimum Gasteiger partial charge on any atom is -0.368 e. The van der Waals surface area contributed by atoms with E-state index in [9.17, 15) is 0 Å². The zero-order chi connectivity index (χ0) is 18.1. The van der Waals surface area contributed by atoms with Gasteiger partial charge in [0.25, 0.3) is 0 Å². The van der Waals surface area contributed by atoms with Crippen LogP contribution in [0.2, 0.25) is 10.0 Å². The van der Waals surface area contributed by atoms with E-state index < -0.39 is 0 Å². The predicted molar refractivity (Wildman–Crippen MR) is 98.4 cm³/mol. The molecular formula is C17H17Cl2N5O2. The van der Waals surface area contributed by atoms with Crippen LogP contribution in [-0.4, -0.2) is 32.3 Å². The van der Waals surface area contributed by atoms with E-state index in [1.54, 1.807) is 24.4 Å². The molecule has 1 N–H and O–H groups in total. The molecule has 26 heavy (non-hydrogen) atoms. The van der Waals surface area contributed by atoms with Gasteiger partial charge in [0.05, 0.1) is 6.04 Å². The van der Waals surface area contributed by atoms with Gasteiger partial charge in [-0.3, -0.25) is 0 Å². The van der Waals surface area contributed by atoms with Gasteiger partial charge in [0.2, 0.25) is 5.82 Å². The molecule has 1 aliphatic heterocycles. The first kappa shape index (κ1) is 17.3. The minimum atomic E-state index is -0.166. The molecule has 136 valence electrons. The monoisotopic (exact) mass is 393 g/mol. The topological polar surface area (TPSA) is 78.0 Å². The van der Waals surface area contributed by atoms with Crippen LogP contribution in [0.3, 0.4) is 0 Å². The van der Waals surface area contributed by atoms with Gasteiger partial charge in [0.1, 0.15) is 11.9 Å². The highest BCUT2D eigenvalue weighted by atomic mass is 35.5. The SMILES string of the molecule is CCn1ccnc1[C@H]1OCC[C@@H]1Nc1nc(-c2cc(Cl)cc(Cl)c2)no1. The van der Waals surface area contributed by atoms with Crippen LogP contribution in [0.25, 0.3) is 11.4 Å². The predicted octanol–water partition coefficient (Wildman–Crippen LogP) is 4.20. The van der Waals surface area contributed by atoms with Gasteiger partial charge in [0, 0.05) is 41.2 Å². The summed E-state index contributed by atoms with van der Waals surface area (Å²) in [4.78, 5) is 8.83. The molecule has 9 heteroatoms. The lowest BCUT2D eigenvalue weighted by Crippen LogP contribution is -2.25. The lowest BCUT2D eigenvalue weighted by Gasteiger charge is -2.19. The lowest BCUT2D eigenvalue weighted by molar-refractivity contribution is 0.0972. The van der Waals surface area contributed by atoms with Crippen LogP contribution in [0.15, 0.2) is 35.1 Å². The van der Waals surface area contributed by atoms with Crippen LogP contribution in [0.5, 0.6) is 0 Å². The zero-order valence-corrected chi connectivity index (χ0v) is 15.5. The Morgan fingerprint density at radius 3 is 2.85 bits per heavy atom. The Kier molecular flexibility index (Phi) is 4.84. The largest absolute Gasteiger partial charge is 0.368 e. The van der Waals surface area contributed by atoms with Gasteiger partial charge in [-0.2, -0.15) is 4.98 Å². The van der Waals surface area contributed by atoms with Gasteiger partial charge >= 0.3 is 6.01 Å². The van der Waals surface area contributed by atoms with Gasteiger partial charge in [-0.15, -0.1) is 0 Å². The van der Waals surface area contributed by atoms with E-state index >= 15 is 0 Å². The van der Waals surface area contributed by atoms with Crippen LogP contribution in [-0.2, 0) is 11.3 Å². The summed E-state index contributed by atoms with van der Waals surface area (Å²) in [5, 5.41) is 8.30. The number of hydrogen-bond acceptors (Lipinski definition) is 6. The average molecular weight is 394 g/mol. The summed E-state index contributed by atoms with van der Waals surface area (Å²) in [7, 11) is 0. The molecule has 3 aromatic rings. The number of rotatable bonds is 5. The quantitative estimate of drug-likeness (QED) is 0.699. The van der Waals surface area contributed by atoms with Crippen molar-refractivity contribution in [2.45, 2.75) is 32.0 Å². The standard InChI is InChI=1S/C17H17Cl2N5O2/c1-2-24-5-4-20-16(24)14-13(3-6-25-14)21-17-22-15(23-26-17)10-7-11(18)9-12(19)8-10/h4-5,7-9,13-14H,2-3,6H2,1H3,(H,21,22,23)/t13-,14-/m0/s1. The van der Waals surface area contributed by atoms with E-state index in [0.29, 0.717) is 34.1 Å². The van der Waals surface area contributed by atoms with Crippen molar-refractivity contribution in [2.75, 3.05) is 11.9 Å². The van der Waals surface area contributed by atoms with Crippen molar-refractivity contribution < 1.29 is 9.26 Å². The zero-order valence-electron chi connectivity index (χ0n) is 14.0. The Labute approximate surface area is 160 Å². The summed E-state index contributed by atoms with van der Waals surface area (Å²) < 4.78 is 13.3. The maximum atomic E-state index is 6.04. The first-order chi connectivity index (χ1) is 12.6. The van der Waals surface area contributed by atoms with E-state index in [-0.39, 0.29) is 12.1 Å². The van der Waals surface area contributed by atoms with E-state index in [2.05, 4.69) is 31.9 Å². The summed E-state index contributed by atoms with van der Waals surface area (Å²) >= 11 is 12.1. The normalized spacial score (nSPS) is 19.8. The lowest BCUT2D eigenvalue weighted by atomic mass is 10.1. The maximum absolute atomic E-state index is 6.04. The fourth-order valence-corrected chi connectivity index (χ4v) is 3.60. The molecule has 7 nitrogen and oxygen atoms in total. The Hall–Kier alpha value is -2.09. The molecule has 0 saturated carbocycles. The van der Waals surface area contributed by atoms with Gasteiger partial charge in [0.15, 0.2) is 0 Å². The molecule has 2 aromatic heterocycles. The fraction of sp³-hybridized carbons (Fsp3) is 0.353. The number of aryl methyl sites for hydroxylation is 1. The van der Waals surface area contributed by atoms with Gasteiger partial charge < -0.3 is 19.1 Å². The Bertz CT molecular complexity index is 890. The van der Waals surface area contributed by atoms with Crippen LogP contribution in [0.1, 0.15) is 25.3 Å². The van der Waals surface area contributed by atoms with Gasteiger partial charge in [-0.05, 0) is 31.5 Å². The maximum Gasteiger partial charge on any atom is 0.322 e. The second-order valence-electron chi connectivity index (χ2n) is 5.98. The first-order valence-electron chi connectivity index (χ1n) is 8.33. The van der Waals surface area contributed by atoms with Crippen LogP contribution in [0.4, 0.5) is 6.01 Å².